The molecule has 0 bridgehead atoms. The quantitative estimate of drug-likeness (QED) is 0.191. The number of hydrogen-bond donors (Lipinski definition) is 0. The summed E-state index contributed by atoms with van der Waals surface area (Å²) in [5, 5.41) is 0. The van der Waals surface area contributed by atoms with E-state index in [1.54, 1.807) is 0 Å². The third kappa shape index (κ3) is 13.4. The number of carbonyl (C=O) groups excluding carboxylic acids is 1. The van der Waals surface area contributed by atoms with Crippen LogP contribution in [-0.4, -0.2) is 12.1 Å². The van der Waals surface area contributed by atoms with Gasteiger partial charge in [-0.3, -0.25) is 0 Å². The van der Waals surface area contributed by atoms with Crippen molar-refractivity contribution in [1.29, 1.82) is 0 Å². The summed E-state index contributed by atoms with van der Waals surface area (Å²) in [6.07, 6.45) is 15.4. The van der Waals surface area contributed by atoms with E-state index in [4.69, 9.17) is 4.74 Å². The van der Waals surface area contributed by atoms with Crippen molar-refractivity contribution in [3.63, 3.8) is 0 Å². The van der Waals surface area contributed by atoms with Crippen LogP contribution in [0.3, 0.4) is 0 Å². The van der Waals surface area contributed by atoms with Crippen molar-refractivity contribution in [2.75, 3.05) is 0 Å². The van der Waals surface area contributed by atoms with Crippen molar-refractivity contribution >= 4 is 5.97 Å². The summed E-state index contributed by atoms with van der Waals surface area (Å²) in [6, 6.07) is 0. The van der Waals surface area contributed by atoms with Crippen LogP contribution in [0.4, 0.5) is 0 Å². The van der Waals surface area contributed by atoms with Crippen LogP contribution in [0.25, 0.3) is 0 Å². The van der Waals surface area contributed by atoms with Crippen molar-refractivity contribution in [2.45, 2.75) is 104 Å². The summed E-state index contributed by atoms with van der Waals surface area (Å²) >= 11 is 0. The molecule has 0 aliphatic heterocycles. The first-order chi connectivity index (χ1) is 11.0. The second-order valence-corrected chi connectivity index (χ2v) is 7.23. The zero-order valence-corrected chi connectivity index (χ0v) is 16.1. The highest BCUT2D eigenvalue weighted by Gasteiger charge is 2.16. The fourth-order valence-electron chi connectivity index (χ4n) is 3.28. The molecule has 0 saturated carbocycles. The fourth-order valence-corrected chi connectivity index (χ4v) is 3.28. The zero-order valence-electron chi connectivity index (χ0n) is 16.1. The van der Waals surface area contributed by atoms with Crippen LogP contribution in [0, 0.1) is 11.8 Å². The van der Waals surface area contributed by atoms with Gasteiger partial charge in [-0.25, -0.2) is 4.79 Å². The average Bonchev–Trinajstić information content (AvgIpc) is 2.52. The number of rotatable bonds is 15. The van der Waals surface area contributed by atoms with Gasteiger partial charge < -0.3 is 4.74 Å². The molecule has 2 nitrogen and oxygen atoms in total. The Bertz CT molecular complexity index is 298. The van der Waals surface area contributed by atoms with Gasteiger partial charge in [-0.2, -0.15) is 0 Å². The first-order valence-electron chi connectivity index (χ1n) is 9.86. The maximum absolute atomic E-state index is 11.3. The first kappa shape index (κ1) is 22.2. The Balaban J connectivity index is 4.07. The van der Waals surface area contributed by atoms with Crippen LogP contribution >= 0.6 is 0 Å². The molecular formula is C21H40O2. The number of carbonyl (C=O) groups is 1. The highest BCUT2D eigenvalue weighted by Crippen LogP contribution is 2.25. The fraction of sp³-hybridized carbons (Fsp3) is 0.857. The zero-order chi connectivity index (χ0) is 17.5. The summed E-state index contributed by atoms with van der Waals surface area (Å²) in [6.45, 7) is 12.4. The molecule has 3 atom stereocenters. The van der Waals surface area contributed by atoms with Gasteiger partial charge in [-0.1, -0.05) is 91.6 Å². The van der Waals surface area contributed by atoms with Crippen molar-refractivity contribution < 1.29 is 9.53 Å². The lowest BCUT2D eigenvalue weighted by Gasteiger charge is -2.21. The van der Waals surface area contributed by atoms with Gasteiger partial charge in [0.1, 0.15) is 0 Å². The molecule has 3 unspecified atom stereocenters. The van der Waals surface area contributed by atoms with Crippen LogP contribution in [0.1, 0.15) is 98.3 Å². The number of hydrogen-bond acceptors (Lipinski definition) is 2. The molecule has 0 spiro atoms. The van der Waals surface area contributed by atoms with Gasteiger partial charge in [-0.05, 0) is 25.2 Å². The van der Waals surface area contributed by atoms with Crippen molar-refractivity contribution in [3.05, 3.63) is 12.7 Å². The SMILES string of the molecule is C=CC(=O)OC(C)CC(CCCC)CCCC(C)CCCCC. The van der Waals surface area contributed by atoms with E-state index < -0.39 is 0 Å². The lowest BCUT2D eigenvalue weighted by molar-refractivity contribution is -0.142. The van der Waals surface area contributed by atoms with Crippen LogP contribution in [-0.2, 0) is 9.53 Å². The average molecular weight is 325 g/mol. The standard InChI is InChI=1S/C21H40O2/c1-6-9-11-13-18(4)14-12-16-20(15-10-7-2)17-19(5)23-21(22)8-3/h8,18-20H,3,6-7,9-17H2,1-2,4-5H3. The third-order valence-corrected chi connectivity index (χ3v) is 4.72. The van der Waals surface area contributed by atoms with Gasteiger partial charge >= 0.3 is 5.97 Å². The molecule has 0 aromatic heterocycles. The Morgan fingerprint density at radius 3 is 2.17 bits per heavy atom. The summed E-state index contributed by atoms with van der Waals surface area (Å²) in [5.41, 5.74) is 0. The summed E-state index contributed by atoms with van der Waals surface area (Å²) in [7, 11) is 0. The number of esters is 1. The second-order valence-electron chi connectivity index (χ2n) is 7.23. The Morgan fingerprint density at radius 1 is 0.957 bits per heavy atom. The van der Waals surface area contributed by atoms with E-state index in [9.17, 15) is 4.79 Å². The lowest BCUT2D eigenvalue weighted by Crippen LogP contribution is -2.17. The van der Waals surface area contributed by atoms with Crippen LogP contribution < -0.4 is 0 Å². The van der Waals surface area contributed by atoms with Gasteiger partial charge in [0.15, 0.2) is 0 Å². The maximum atomic E-state index is 11.3. The summed E-state index contributed by atoms with van der Waals surface area (Å²) in [4.78, 5) is 11.3. The molecule has 0 N–H and O–H groups in total. The highest BCUT2D eigenvalue weighted by atomic mass is 16.5. The molecule has 0 aliphatic rings. The van der Waals surface area contributed by atoms with Gasteiger partial charge in [0.2, 0.25) is 0 Å². The highest BCUT2D eigenvalue weighted by molar-refractivity contribution is 5.81. The normalized spacial score (nSPS) is 15.0. The first-order valence-corrected chi connectivity index (χ1v) is 9.86. The van der Waals surface area contributed by atoms with Crippen molar-refractivity contribution in [3.8, 4) is 0 Å². The minimum atomic E-state index is -0.295. The molecule has 0 fully saturated rings. The van der Waals surface area contributed by atoms with E-state index in [2.05, 4.69) is 27.4 Å². The molecule has 0 saturated heterocycles. The topological polar surface area (TPSA) is 26.3 Å². The van der Waals surface area contributed by atoms with E-state index in [1.165, 1.54) is 70.3 Å². The van der Waals surface area contributed by atoms with Crippen molar-refractivity contribution in [1.82, 2.24) is 0 Å². The summed E-state index contributed by atoms with van der Waals surface area (Å²) < 4.78 is 5.35. The largest absolute Gasteiger partial charge is 0.460 e. The minimum Gasteiger partial charge on any atom is -0.460 e. The van der Waals surface area contributed by atoms with Gasteiger partial charge in [-0.15, -0.1) is 0 Å². The number of ether oxygens (including phenoxy) is 1. The van der Waals surface area contributed by atoms with Crippen LogP contribution in [0.15, 0.2) is 12.7 Å². The van der Waals surface area contributed by atoms with Gasteiger partial charge in [0.25, 0.3) is 0 Å². The molecule has 2 heteroatoms. The molecule has 0 radical (unpaired) electrons. The maximum Gasteiger partial charge on any atom is 0.330 e. The van der Waals surface area contributed by atoms with E-state index >= 15 is 0 Å². The molecule has 0 amide bonds. The van der Waals surface area contributed by atoms with Crippen LogP contribution in [0.5, 0.6) is 0 Å². The van der Waals surface area contributed by atoms with E-state index in [0.717, 1.165) is 12.3 Å². The smallest absolute Gasteiger partial charge is 0.330 e. The predicted octanol–water partition coefficient (Wildman–Crippen LogP) is 6.69. The van der Waals surface area contributed by atoms with Gasteiger partial charge in [0, 0.05) is 6.08 Å². The Hall–Kier alpha value is -0.790. The van der Waals surface area contributed by atoms with Crippen LogP contribution in [0.2, 0.25) is 0 Å². The Morgan fingerprint density at radius 2 is 1.57 bits per heavy atom. The monoisotopic (exact) mass is 324 g/mol. The molecule has 0 rings (SSSR count). The predicted molar refractivity (Wildman–Crippen MR) is 101 cm³/mol. The molecule has 23 heavy (non-hydrogen) atoms. The third-order valence-electron chi connectivity index (χ3n) is 4.72. The summed E-state index contributed by atoms with van der Waals surface area (Å²) in [5.74, 6) is 1.24. The second kappa shape index (κ2) is 14.8. The molecule has 0 aliphatic carbocycles. The van der Waals surface area contributed by atoms with E-state index in [-0.39, 0.29) is 12.1 Å². The Kier molecular flexibility index (Phi) is 14.3. The van der Waals surface area contributed by atoms with E-state index in [0.29, 0.717) is 5.92 Å². The minimum absolute atomic E-state index is 0.00401. The van der Waals surface area contributed by atoms with E-state index in [1.807, 2.05) is 6.92 Å². The number of unbranched alkanes of at least 4 members (excludes halogenated alkanes) is 3. The van der Waals surface area contributed by atoms with Gasteiger partial charge in [0.05, 0.1) is 6.10 Å². The van der Waals surface area contributed by atoms with Crippen molar-refractivity contribution in [2.24, 2.45) is 11.8 Å². The molecule has 0 aromatic carbocycles. The molecule has 136 valence electrons. The molecule has 0 heterocycles. The Labute approximate surface area is 145 Å². The molecule has 0 aromatic rings. The molecular weight excluding hydrogens is 284 g/mol. The lowest BCUT2D eigenvalue weighted by atomic mass is 9.88.